The van der Waals surface area contributed by atoms with Crippen molar-refractivity contribution in [3.63, 3.8) is 0 Å². The molecule has 0 spiro atoms. The molecule has 2 atom stereocenters. The molecule has 116 valence electrons. The van der Waals surface area contributed by atoms with Crippen molar-refractivity contribution in [1.82, 2.24) is 9.80 Å². The van der Waals surface area contributed by atoms with Crippen LogP contribution in [0.1, 0.15) is 37.7 Å². The highest BCUT2D eigenvalue weighted by atomic mass is 16.2. The Bertz CT molecular complexity index is 582. The average molecular weight is 298 g/mol. The topological polar surface area (TPSA) is 40.6 Å². The number of benzene rings is 1. The van der Waals surface area contributed by atoms with E-state index in [2.05, 4.69) is 29.2 Å². The van der Waals surface area contributed by atoms with Crippen LogP contribution < -0.4 is 0 Å². The van der Waals surface area contributed by atoms with E-state index in [1.165, 1.54) is 5.56 Å². The number of rotatable bonds is 3. The zero-order valence-electron chi connectivity index (χ0n) is 12.8. The van der Waals surface area contributed by atoms with Gasteiger partial charge in [0.1, 0.15) is 0 Å². The van der Waals surface area contributed by atoms with Gasteiger partial charge in [-0.05, 0) is 31.2 Å². The first-order valence-electron chi connectivity index (χ1n) is 8.36. The molecule has 4 rings (SSSR count). The highest BCUT2D eigenvalue weighted by Gasteiger charge is 2.44. The minimum atomic E-state index is 0.0437. The van der Waals surface area contributed by atoms with Crippen molar-refractivity contribution in [3.05, 3.63) is 35.9 Å². The number of hydrogen-bond acceptors (Lipinski definition) is 3. The fourth-order valence-corrected chi connectivity index (χ4v) is 3.87. The molecule has 2 aliphatic heterocycles. The van der Waals surface area contributed by atoms with Crippen molar-refractivity contribution in [2.75, 3.05) is 6.54 Å². The SMILES string of the molecule is O=C1C[C@H]2CC[C@H](CN1C(=O)C1CC1)N2Cc1ccccc1. The molecule has 22 heavy (non-hydrogen) atoms. The third-order valence-corrected chi connectivity index (χ3v) is 5.28. The summed E-state index contributed by atoms with van der Waals surface area (Å²) in [5.41, 5.74) is 1.29. The van der Waals surface area contributed by atoms with Crippen molar-refractivity contribution in [3.8, 4) is 0 Å². The van der Waals surface area contributed by atoms with Gasteiger partial charge in [-0.2, -0.15) is 0 Å². The fourth-order valence-electron chi connectivity index (χ4n) is 3.87. The summed E-state index contributed by atoms with van der Waals surface area (Å²) in [5, 5.41) is 0. The number of fused-ring (bicyclic) bond motifs is 2. The first-order valence-corrected chi connectivity index (χ1v) is 8.36. The zero-order valence-corrected chi connectivity index (χ0v) is 12.8. The van der Waals surface area contributed by atoms with Gasteiger partial charge < -0.3 is 0 Å². The second kappa shape index (κ2) is 5.51. The highest BCUT2D eigenvalue weighted by molar-refractivity contribution is 5.97. The Morgan fingerprint density at radius 1 is 1.05 bits per heavy atom. The van der Waals surface area contributed by atoms with Gasteiger partial charge in [-0.25, -0.2) is 0 Å². The molecule has 0 N–H and O–H groups in total. The second-order valence-corrected chi connectivity index (χ2v) is 6.86. The molecule has 1 saturated carbocycles. The lowest BCUT2D eigenvalue weighted by Crippen LogP contribution is -2.43. The van der Waals surface area contributed by atoms with Crippen LogP contribution in [0.25, 0.3) is 0 Å². The Hall–Kier alpha value is -1.68. The highest BCUT2D eigenvalue weighted by Crippen LogP contribution is 2.36. The van der Waals surface area contributed by atoms with Crippen LogP contribution in [0.15, 0.2) is 30.3 Å². The molecule has 3 aliphatic rings. The summed E-state index contributed by atoms with van der Waals surface area (Å²) < 4.78 is 0. The molecule has 2 heterocycles. The van der Waals surface area contributed by atoms with Crippen LogP contribution in [-0.4, -0.2) is 40.2 Å². The summed E-state index contributed by atoms with van der Waals surface area (Å²) in [5.74, 6) is 0.252. The second-order valence-electron chi connectivity index (χ2n) is 6.86. The predicted octanol–water partition coefficient (Wildman–Crippen LogP) is 2.19. The van der Waals surface area contributed by atoms with Gasteiger partial charge >= 0.3 is 0 Å². The van der Waals surface area contributed by atoms with Crippen LogP contribution in [0.2, 0.25) is 0 Å². The van der Waals surface area contributed by atoms with Crippen LogP contribution in [-0.2, 0) is 16.1 Å². The number of carbonyl (C=O) groups is 2. The standard InChI is InChI=1S/C18H22N2O2/c21-17-10-15-8-9-16(12-20(17)18(22)14-6-7-14)19(15)11-13-4-2-1-3-5-13/h1-5,14-16H,6-12H2/t15-,16-/m1/s1. The van der Waals surface area contributed by atoms with Crippen LogP contribution in [0.4, 0.5) is 0 Å². The first-order chi connectivity index (χ1) is 10.7. The molecule has 2 saturated heterocycles. The number of imide groups is 1. The molecular weight excluding hydrogens is 276 g/mol. The molecule has 0 radical (unpaired) electrons. The largest absolute Gasteiger partial charge is 0.291 e. The van der Waals surface area contributed by atoms with E-state index in [9.17, 15) is 9.59 Å². The van der Waals surface area contributed by atoms with E-state index < -0.39 is 0 Å². The lowest BCUT2D eigenvalue weighted by Gasteiger charge is -2.28. The van der Waals surface area contributed by atoms with Crippen LogP contribution in [0.3, 0.4) is 0 Å². The molecule has 2 amide bonds. The Morgan fingerprint density at radius 2 is 1.77 bits per heavy atom. The number of amides is 2. The molecule has 1 aromatic rings. The first kappa shape index (κ1) is 13.9. The third kappa shape index (κ3) is 2.56. The monoisotopic (exact) mass is 298 g/mol. The predicted molar refractivity (Wildman–Crippen MR) is 82.9 cm³/mol. The van der Waals surface area contributed by atoms with Crippen molar-refractivity contribution in [1.29, 1.82) is 0 Å². The number of likely N-dealkylation sites (tertiary alicyclic amines) is 1. The molecule has 1 aromatic carbocycles. The van der Waals surface area contributed by atoms with Crippen molar-refractivity contribution in [2.45, 2.75) is 50.7 Å². The molecular formula is C18H22N2O2. The molecule has 0 unspecified atom stereocenters. The van der Waals surface area contributed by atoms with E-state index in [1.54, 1.807) is 4.90 Å². The van der Waals surface area contributed by atoms with Gasteiger partial charge in [0.2, 0.25) is 11.8 Å². The van der Waals surface area contributed by atoms with Crippen LogP contribution in [0.5, 0.6) is 0 Å². The number of hydrogen-bond donors (Lipinski definition) is 0. The minimum absolute atomic E-state index is 0.0437. The van der Waals surface area contributed by atoms with Gasteiger partial charge in [-0.15, -0.1) is 0 Å². The van der Waals surface area contributed by atoms with E-state index >= 15 is 0 Å². The van der Waals surface area contributed by atoms with E-state index in [-0.39, 0.29) is 17.7 Å². The normalized spacial score (nSPS) is 28.7. The lowest BCUT2D eigenvalue weighted by molar-refractivity contribution is -0.145. The van der Waals surface area contributed by atoms with Crippen LogP contribution >= 0.6 is 0 Å². The Kier molecular flexibility index (Phi) is 3.49. The Labute approximate surface area is 131 Å². The summed E-state index contributed by atoms with van der Waals surface area (Å²) in [6.07, 6.45) is 4.60. The van der Waals surface area contributed by atoms with Crippen molar-refractivity contribution < 1.29 is 9.59 Å². The summed E-state index contributed by atoms with van der Waals surface area (Å²) >= 11 is 0. The van der Waals surface area contributed by atoms with E-state index in [4.69, 9.17) is 0 Å². The minimum Gasteiger partial charge on any atom is -0.291 e. The molecule has 4 heteroatoms. The summed E-state index contributed by atoms with van der Waals surface area (Å²) in [4.78, 5) is 28.8. The van der Waals surface area contributed by atoms with Gasteiger partial charge in [0.15, 0.2) is 0 Å². The lowest BCUT2D eigenvalue weighted by atomic mass is 10.1. The number of carbonyl (C=O) groups excluding carboxylic acids is 2. The maximum absolute atomic E-state index is 12.5. The average Bonchev–Trinajstić information content (AvgIpc) is 3.31. The van der Waals surface area contributed by atoms with Gasteiger partial charge in [-0.3, -0.25) is 19.4 Å². The third-order valence-electron chi connectivity index (χ3n) is 5.28. The van der Waals surface area contributed by atoms with Crippen molar-refractivity contribution >= 4 is 11.8 Å². The summed E-state index contributed by atoms with van der Waals surface area (Å²) in [6.45, 7) is 1.48. The van der Waals surface area contributed by atoms with Crippen molar-refractivity contribution in [2.24, 2.45) is 5.92 Å². The number of nitrogens with zero attached hydrogens (tertiary/aromatic N) is 2. The maximum Gasteiger partial charge on any atom is 0.232 e. The molecule has 3 fully saturated rings. The van der Waals surface area contributed by atoms with Gasteiger partial charge in [0.05, 0.1) is 0 Å². The van der Waals surface area contributed by atoms with Crippen LogP contribution in [0, 0.1) is 5.92 Å². The van der Waals surface area contributed by atoms with Gasteiger partial charge in [0.25, 0.3) is 0 Å². The molecule has 4 nitrogen and oxygen atoms in total. The fraction of sp³-hybridized carbons (Fsp3) is 0.556. The van der Waals surface area contributed by atoms with E-state index in [0.717, 1.165) is 32.2 Å². The Morgan fingerprint density at radius 3 is 2.50 bits per heavy atom. The van der Waals surface area contributed by atoms with E-state index in [0.29, 0.717) is 25.0 Å². The molecule has 0 aromatic heterocycles. The summed E-state index contributed by atoms with van der Waals surface area (Å²) in [7, 11) is 0. The smallest absolute Gasteiger partial charge is 0.232 e. The van der Waals surface area contributed by atoms with E-state index in [1.807, 2.05) is 6.07 Å². The van der Waals surface area contributed by atoms with Gasteiger partial charge in [-0.1, -0.05) is 30.3 Å². The zero-order chi connectivity index (χ0) is 15.1. The molecule has 1 aliphatic carbocycles. The Balaban J connectivity index is 1.52. The quantitative estimate of drug-likeness (QED) is 0.803. The molecule has 2 bridgehead atoms. The maximum atomic E-state index is 12.5. The summed E-state index contributed by atoms with van der Waals surface area (Å²) in [6, 6.07) is 11.1. The van der Waals surface area contributed by atoms with Gasteiger partial charge in [0, 0.05) is 37.5 Å².